The Balaban J connectivity index is 1.47. The van der Waals surface area contributed by atoms with Crippen molar-refractivity contribution in [2.24, 2.45) is 0 Å². The maximum absolute atomic E-state index is 13.1. The molecule has 8 heteroatoms. The van der Waals surface area contributed by atoms with E-state index in [2.05, 4.69) is 57.2 Å². The average Bonchev–Trinajstić information content (AvgIpc) is 3.27. The summed E-state index contributed by atoms with van der Waals surface area (Å²) < 4.78 is 8.97. The van der Waals surface area contributed by atoms with E-state index >= 15 is 0 Å². The highest BCUT2D eigenvalue weighted by Gasteiger charge is 2.23. The summed E-state index contributed by atoms with van der Waals surface area (Å²) in [7, 11) is 0. The minimum Gasteiger partial charge on any atom is -0.494 e. The number of rotatable bonds is 13. The van der Waals surface area contributed by atoms with Crippen molar-refractivity contribution in [3.8, 4) is 16.9 Å². The van der Waals surface area contributed by atoms with E-state index in [1.54, 1.807) is 21.4 Å². The van der Waals surface area contributed by atoms with Crippen LogP contribution in [0.25, 0.3) is 11.1 Å². The van der Waals surface area contributed by atoms with Crippen molar-refractivity contribution in [3.05, 3.63) is 105 Å². The highest BCUT2D eigenvalue weighted by Crippen LogP contribution is 2.33. The standard InChI is InChI=1S/C35H43N3O5/c1-6-37-32(36-38(34(37)42)22-25-14-17-28(18-15-25)35(3,4)5)13-9-11-24-10-8-12-26(20-24)27-16-19-31(43-7-2)29(21-27)30(23-39)33(40)41/h8,10,12,14-21,30,39H,6-7,9,11,13,22-23H2,1-5H3,(H,40,41). The Morgan fingerprint density at radius 2 is 1.67 bits per heavy atom. The van der Waals surface area contributed by atoms with Crippen LogP contribution in [0.5, 0.6) is 5.75 Å². The molecule has 0 aliphatic carbocycles. The minimum absolute atomic E-state index is 0.0757. The molecule has 0 bridgehead atoms. The van der Waals surface area contributed by atoms with Gasteiger partial charge in [-0.25, -0.2) is 9.48 Å². The van der Waals surface area contributed by atoms with Crippen LogP contribution in [0.15, 0.2) is 71.5 Å². The maximum Gasteiger partial charge on any atom is 0.346 e. The average molecular weight is 586 g/mol. The molecule has 0 aliphatic heterocycles. The van der Waals surface area contributed by atoms with Crippen LogP contribution in [0.3, 0.4) is 0 Å². The van der Waals surface area contributed by atoms with E-state index in [4.69, 9.17) is 9.84 Å². The molecule has 0 spiro atoms. The maximum atomic E-state index is 13.1. The van der Waals surface area contributed by atoms with Gasteiger partial charge in [-0.15, -0.1) is 0 Å². The molecule has 4 rings (SSSR count). The molecule has 4 aromatic rings. The van der Waals surface area contributed by atoms with Crippen LogP contribution in [0.1, 0.15) is 75.0 Å². The van der Waals surface area contributed by atoms with Crippen molar-refractivity contribution in [2.75, 3.05) is 13.2 Å². The zero-order valence-electron chi connectivity index (χ0n) is 25.8. The van der Waals surface area contributed by atoms with Crippen LogP contribution < -0.4 is 10.4 Å². The number of carboxylic acid groups (broad SMARTS) is 1. The van der Waals surface area contributed by atoms with Crippen molar-refractivity contribution in [3.63, 3.8) is 0 Å². The Morgan fingerprint density at radius 1 is 0.953 bits per heavy atom. The molecule has 1 aromatic heterocycles. The second-order valence-electron chi connectivity index (χ2n) is 11.9. The molecule has 0 aliphatic rings. The minimum atomic E-state index is -1.10. The molecule has 228 valence electrons. The number of carboxylic acids is 1. The summed E-state index contributed by atoms with van der Waals surface area (Å²) in [6, 6.07) is 22.0. The zero-order chi connectivity index (χ0) is 31.1. The van der Waals surface area contributed by atoms with Gasteiger partial charge in [0, 0.05) is 18.5 Å². The Morgan fingerprint density at radius 3 is 2.30 bits per heavy atom. The van der Waals surface area contributed by atoms with Gasteiger partial charge >= 0.3 is 11.7 Å². The number of aliphatic hydroxyl groups is 1. The van der Waals surface area contributed by atoms with E-state index in [1.165, 1.54) is 5.56 Å². The smallest absolute Gasteiger partial charge is 0.346 e. The number of hydrogen-bond donors (Lipinski definition) is 2. The van der Waals surface area contributed by atoms with Gasteiger partial charge in [-0.05, 0) is 72.1 Å². The van der Waals surface area contributed by atoms with Crippen LogP contribution >= 0.6 is 0 Å². The molecular formula is C35H43N3O5. The Bertz CT molecular complexity index is 1600. The molecule has 0 saturated heterocycles. The van der Waals surface area contributed by atoms with E-state index in [0.717, 1.165) is 40.9 Å². The zero-order valence-corrected chi connectivity index (χ0v) is 25.8. The van der Waals surface area contributed by atoms with Crippen molar-refractivity contribution in [1.29, 1.82) is 0 Å². The number of aromatic nitrogens is 3. The van der Waals surface area contributed by atoms with E-state index < -0.39 is 18.5 Å². The summed E-state index contributed by atoms with van der Waals surface area (Å²) in [6.45, 7) is 11.2. The Labute approximate surface area is 253 Å². The summed E-state index contributed by atoms with van der Waals surface area (Å²) >= 11 is 0. The molecule has 3 aromatic carbocycles. The Hall–Kier alpha value is -4.17. The topological polar surface area (TPSA) is 107 Å². The van der Waals surface area contributed by atoms with E-state index in [-0.39, 0.29) is 11.1 Å². The SMILES string of the molecule is CCOc1ccc(-c2cccc(CCCc3nn(Cc4ccc(C(C)(C)C)cc4)c(=O)n3CC)c2)cc1C(CO)C(=O)O. The molecule has 1 atom stereocenters. The molecular weight excluding hydrogens is 542 g/mol. The second kappa shape index (κ2) is 13.9. The lowest BCUT2D eigenvalue weighted by molar-refractivity contribution is -0.139. The number of nitrogens with zero attached hydrogens (tertiary/aromatic N) is 3. The summed E-state index contributed by atoms with van der Waals surface area (Å²) in [4.78, 5) is 24.9. The fraction of sp³-hybridized carbons (Fsp3) is 0.400. The Kier molecular flexibility index (Phi) is 10.2. The van der Waals surface area contributed by atoms with Crippen molar-refractivity contribution >= 4 is 5.97 Å². The monoisotopic (exact) mass is 585 g/mol. The first kappa shape index (κ1) is 31.8. The number of ether oxygens (including phenoxy) is 1. The number of aryl methyl sites for hydroxylation is 2. The van der Waals surface area contributed by atoms with E-state index in [1.807, 2.05) is 32.0 Å². The molecule has 43 heavy (non-hydrogen) atoms. The number of benzene rings is 3. The van der Waals surface area contributed by atoms with Crippen molar-refractivity contribution in [2.45, 2.75) is 78.3 Å². The van der Waals surface area contributed by atoms with Gasteiger partial charge in [0.2, 0.25) is 0 Å². The van der Waals surface area contributed by atoms with Gasteiger partial charge in [0.25, 0.3) is 0 Å². The molecule has 1 unspecified atom stereocenters. The van der Waals surface area contributed by atoms with Crippen LogP contribution in [0.2, 0.25) is 0 Å². The molecule has 1 heterocycles. The predicted octanol–water partition coefficient (Wildman–Crippen LogP) is 5.81. The first-order chi connectivity index (χ1) is 20.5. The number of carbonyl (C=O) groups is 1. The lowest BCUT2D eigenvalue weighted by Gasteiger charge is -2.19. The largest absolute Gasteiger partial charge is 0.494 e. The molecule has 0 radical (unpaired) electrons. The molecule has 0 fully saturated rings. The van der Waals surface area contributed by atoms with Gasteiger partial charge in [-0.1, -0.05) is 75.4 Å². The summed E-state index contributed by atoms with van der Waals surface area (Å²) in [6.07, 6.45) is 2.29. The third-order valence-corrected chi connectivity index (χ3v) is 7.76. The summed E-state index contributed by atoms with van der Waals surface area (Å²) in [5.41, 5.74) is 5.69. The molecule has 0 amide bonds. The number of hydrogen-bond acceptors (Lipinski definition) is 5. The molecule has 0 saturated carbocycles. The fourth-order valence-corrected chi connectivity index (χ4v) is 5.33. The van der Waals surface area contributed by atoms with Gasteiger partial charge in [-0.3, -0.25) is 9.36 Å². The van der Waals surface area contributed by atoms with E-state index in [9.17, 15) is 19.8 Å². The summed E-state index contributed by atoms with van der Waals surface area (Å²) in [5, 5.41) is 24.1. The van der Waals surface area contributed by atoms with Crippen LogP contribution in [0, 0.1) is 0 Å². The first-order valence-electron chi connectivity index (χ1n) is 15.0. The first-order valence-corrected chi connectivity index (χ1v) is 15.0. The highest BCUT2D eigenvalue weighted by molar-refractivity contribution is 5.79. The molecule has 8 nitrogen and oxygen atoms in total. The normalized spacial score (nSPS) is 12.3. The van der Waals surface area contributed by atoms with Crippen molar-refractivity contribution in [1.82, 2.24) is 14.3 Å². The number of aliphatic carboxylic acids is 1. The summed E-state index contributed by atoms with van der Waals surface area (Å²) in [5.74, 6) is -0.911. The van der Waals surface area contributed by atoms with Gasteiger partial charge in [0.05, 0.1) is 19.8 Å². The quantitative estimate of drug-likeness (QED) is 0.205. The van der Waals surface area contributed by atoms with Gasteiger partial charge in [0.1, 0.15) is 17.5 Å². The number of aliphatic hydroxyl groups excluding tert-OH is 1. The van der Waals surface area contributed by atoms with Gasteiger partial charge < -0.3 is 14.9 Å². The van der Waals surface area contributed by atoms with Gasteiger partial charge in [-0.2, -0.15) is 5.10 Å². The van der Waals surface area contributed by atoms with E-state index in [0.29, 0.717) is 37.4 Å². The van der Waals surface area contributed by atoms with Gasteiger partial charge in [0.15, 0.2) is 0 Å². The lowest BCUT2D eigenvalue weighted by Crippen LogP contribution is -2.25. The van der Waals surface area contributed by atoms with Crippen LogP contribution in [-0.4, -0.2) is 43.7 Å². The van der Waals surface area contributed by atoms with Crippen molar-refractivity contribution < 1.29 is 19.7 Å². The lowest BCUT2D eigenvalue weighted by atomic mass is 9.87. The molecule has 2 N–H and O–H groups in total. The highest BCUT2D eigenvalue weighted by atomic mass is 16.5. The predicted molar refractivity (Wildman–Crippen MR) is 169 cm³/mol. The third kappa shape index (κ3) is 7.62. The van der Waals surface area contributed by atoms with Crippen LogP contribution in [-0.2, 0) is 36.1 Å². The second-order valence-corrected chi connectivity index (χ2v) is 11.9. The fourth-order valence-electron chi connectivity index (χ4n) is 5.33. The van der Waals surface area contributed by atoms with Crippen LogP contribution in [0.4, 0.5) is 0 Å². The third-order valence-electron chi connectivity index (χ3n) is 7.76.